The van der Waals surface area contributed by atoms with Crippen molar-refractivity contribution in [1.82, 2.24) is 4.57 Å². The maximum Gasteiger partial charge on any atom is 0.136 e. The average Bonchev–Trinajstić information content (AvgIpc) is 3.84. The molecular formula is C45H29NOS. The smallest absolute Gasteiger partial charge is 0.136 e. The van der Waals surface area contributed by atoms with Gasteiger partial charge in [-0.2, -0.15) is 0 Å². The van der Waals surface area contributed by atoms with E-state index in [4.69, 9.17) is 4.42 Å². The standard InChI is InChI=1S/C45H29NOS/c1-45(2)36-14-6-3-10-29(36)33-24-34-30-11-4-7-15-38(30)46(39(34)25-37(33)45)27-19-21-40-35(23-27)31-20-18-26(22-41(31)47-40)28-13-9-17-43-44(28)32-12-5-8-16-42(32)48-43/h3-25H,1-2H3. The molecule has 3 heterocycles. The van der Waals surface area contributed by atoms with Crippen LogP contribution in [0.1, 0.15) is 25.0 Å². The third kappa shape index (κ3) is 3.41. The molecule has 3 heteroatoms. The van der Waals surface area contributed by atoms with Crippen molar-refractivity contribution in [2.45, 2.75) is 19.3 Å². The van der Waals surface area contributed by atoms with E-state index in [1.54, 1.807) is 0 Å². The van der Waals surface area contributed by atoms with Gasteiger partial charge in [0.15, 0.2) is 0 Å². The van der Waals surface area contributed by atoms with Gasteiger partial charge in [-0.15, -0.1) is 11.3 Å². The molecule has 226 valence electrons. The highest BCUT2D eigenvalue weighted by atomic mass is 32.1. The number of hydrogen-bond donors (Lipinski definition) is 0. The molecule has 7 aromatic carbocycles. The number of para-hydroxylation sites is 1. The molecule has 0 spiro atoms. The van der Waals surface area contributed by atoms with E-state index in [2.05, 4.69) is 158 Å². The minimum atomic E-state index is -0.0660. The highest BCUT2D eigenvalue weighted by Gasteiger charge is 2.36. The number of benzene rings is 7. The molecule has 2 nitrogen and oxygen atoms in total. The molecule has 11 rings (SSSR count). The van der Waals surface area contributed by atoms with E-state index in [0.29, 0.717) is 0 Å². The Morgan fingerprint density at radius 2 is 1.29 bits per heavy atom. The largest absolute Gasteiger partial charge is 0.456 e. The predicted molar refractivity (Wildman–Crippen MR) is 204 cm³/mol. The number of nitrogens with zero attached hydrogens (tertiary/aromatic N) is 1. The number of furan rings is 1. The third-order valence-corrected chi connectivity index (χ3v) is 11.9. The van der Waals surface area contributed by atoms with E-state index in [-0.39, 0.29) is 5.41 Å². The number of rotatable bonds is 2. The summed E-state index contributed by atoms with van der Waals surface area (Å²) < 4.78 is 11.6. The van der Waals surface area contributed by atoms with Crippen LogP contribution in [0.15, 0.2) is 144 Å². The summed E-state index contributed by atoms with van der Waals surface area (Å²) in [5.41, 5.74) is 13.3. The highest BCUT2D eigenvalue weighted by Crippen LogP contribution is 2.51. The fourth-order valence-corrected chi connectivity index (χ4v) is 9.66. The summed E-state index contributed by atoms with van der Waals surface area (Å²) in [5, 5.41) is 7.46. The molecule has 0 bridgehead atoms. The Balaban J connectivity index is 1.11. The zero-order valence-corrected chi connectivity index (χ0v) is 27.4. The SMILES string of the molecule is CC1(C)c2ccccc2-c2cc3c4ccccc4n(-c4ccc5oc6cc(-c7cccc8sc9ccccc9c78)ccc6c5c4)c3cc21. The molecule has 0 aliphatic heterocycles. The summed E-state index contributed by atoms with van der Waals surface area (Å²) in [6, 6.07) is 51.3. The molecule has 0 saturated carbocycles. The van der Waals surface area contributed by atoms with E-state index >= 15 is 0 Å². The first-order valence-electron chi connectivity index (χ1n) is 16.6. The van der Waals surface area contributed by atoms with Crippen LogP contribution >= 0.6 is 11.3 Å². The Bertz CT molecular complexity index is 2990. The van der Waals surface area contributed by atoms with Crippen LogP contribution in [-0.2, 0) is 5.41 Å². The van der Waals surface area contributed by atoms with Crippen molar-refractivity contribution >= 4 is 75.3 Å². The molecule has 0 radical (unpaired) electrons. The Morgan fingerprint density at radius 3 is 2.23 bits per heavy atom. The Labute approximate surface area is 281 Å². The monoisotopic (exact) mass is 631 g/mol. The van der Waals surface area contributed by atoms with Crippen molar-refractivity contribution in [3.8, 4) is 27.9 Å². The van der Waals surface area contributed by atoms with E-state index in [1.165, 1.54) is 75.4 Å². The summed E-state index contributed by atoms with van der Waals surface area (Å²) >= 11 is 1.86. The van der Waals surface area contributed by atoms with Gasteiger partial charge in [0, 0.05) is 52.8 Å². The number of thiophene rings is 1. The van der Waals surface area contributed by atoms with Gasteiger partial charge >= 0.3 is 0 Å². The lowest BCUT2D eigenvalue weighted by molar-refractivity contribution is 0.661. The molecule has 0 atom stereocenters. The fraction of sp³-hybridized carbons (Fsp3) is 0.0667. The summed E-state index contributed by atoms with van der Waals surface area (Å²) in [6.45, 7) is 4.71. The maximum absolute atomic E-state index is 6.56. The first-order chi connectivity index (χ1) is 23.5. The van der Waals surface area contributed by atoms with Crippen molar-refractivity contribution in [1.29, 1.82) is 0 Å². The van der Waals surface area contributed by atoms with Crippen LogP contribution in [0.4, 0.5) is 0 Å². The lowest BCUT2D eigenvalue weighted by atomic mass is 9.82. The molecule has 48 heavy (non-hydrogen) atoms. The first kappa shape index (κ1) is 26.4. The molecule has 0 fully saturated rings. The summed E-state index contributed by atoms with van der Waals surface area (Å²) in [6.07, 6.45) is 0. The van der Waals surface area contributed by atoms with E-state index in [1.807, 2.05) is 11.3 Å². The van der Waals surface area contributed by atoms with Crippen molar-refractivity contribution in [2.75, 3.05) is 0 Å². The van der Waals surface area contributed by atoms with Crippen LogP contribution in [0.25, 0.3) is 91.9 Å². The predicted octanol–water partition coefficient (Wildman–Crippen LogP) is 13.0. The van der Waals surface area contributed by atoms with Crippen molar-refractivity contribution in [2.24, 2.45) is 0 Å². The number of hydrogen-bond acceptors (Lipinski definition) is 2. The van der Waals surface area contributed by atoms with Gasteiger partial charge in [0.05, 0.1) is 11.0 Å². The minimum absolute atomic E-state index is 0.0660. The van der Waals surface area contributed by atoms with Gasteiger partial charge in [0.1, 0.15) is 11.2 Å². The molecular weight excluding hydrogens is 603 g/mol. The van der Waals surface area contributed by atoms with Crippen LogP contribution in [0.5, 0.6) is 0 Å². The molecule has 0 unspecified atom stereocenters. The molecule has 3 aromatic heterocycles. The van der Waals surface area contributed by atoms with Gasteiger partial charge in [-0.05, 0) is 94.0 Å². The molecule has 1 aliphatic carbocycles. The first-order valence-corrected chi connectivity index (χ1v) is 17.4. The third-order valence-electron chi connectivity index (χ3n) is 10.8. The van der Waals surface area contributed by atoms with E-state index in [0.717, 1.165) is 27.6 Å². The Hall–Kier alpha value is -5.64. The van der Waals surface area contributed by atoms with Crippen LogP contribution in [0.3, 0.4) is 0 Å². The van der Waals surface area contributed by atoms with Crippen molar-refractivity contribution < 1.29 is 4.42 Å². The number of fused-ring (bicyclic) bond motifs is 12. The lowest BCUT2D eigenvalue weighted by Gasteiger charge is -2.21. The molecule has 1 aliphatic rings. The van der Waals surface area contributed by atoms with Crippen LogP contribution in [-0.4, -0.2) is 4.57 Å². The molecule has 0 N–H and O–H groups in total. The second-order valence-electron chi connectivity index (χ2n) is 13.7. The fourth-order valence-electron chi connectivity index (χ4n) is 8.53. The van der Waals surface area contributed by atoms with Crippen LogP contribution in [0, 0.1) is 0 Å². The van der Waals surface area contributed by atoms with Gasteiger partial charge in [-0.25, -0.2) is 0 Å². The quantitative estimate of drug-likeness (QED) is 0.186. The molecule has 10 aromatic rings. The van der Waals surface area contributed by atoms with E-state index < -0.39 is 0 Å². The van der Waals surface area contributed by atoms with Gasteiger partial charge in [-0.3, -0.25) is 0 Å². The topological polar surface area (TPSA) is 18.1 Å². The van der Waals surface area contributed by atoms with Gasteiger partial charge in [-0.1, -0.05) is 92.7 Å². The van der Waals surface area contributed by atoms with Gasteiger partial charge in [0.25, 0.3) is 0 Å². The Morgan fingerprint density at radius 1 is 0.500 bits per heavy atom. The molecule has 0 amide bonds. The van der Waals surface area contributed by atoms with Gasteiger partial charge in [0.2, 0.25) is 0 Å². The zero-order chi connectivity index (χ0) is 31.7. The van der Waals surface area contributed by atoms with Crippen molar-refractivity contribution in [3.63, 3.8) is 0 Å². The summed E-state index contributed by atoms with van der Waals surface area (Å²) in [7, 11) is 0. The van der Waals surface area contributed by atoms with Gasteiger partial charge < -0.3 is 8.98 Å². The lowest BCUT2D eigenvalue weighted by Crippen LogP contribution is -2.14. The zero-order valence-electron chi connectivity index (χ0n) is 26.5. The normalized spacial score (nSPS) is 13.8. The van der Waals surface area contributed by atoms with Crippen LogP contribution < -0.4 is 0 Å². The van der Waals surface area contributed by atoms with Crippen LogP contribution in [0.2, 0.25) is 0 Å². The summed E-state index contributed by atoms with van der Waals surface area (Å²) in [4.78, 5) is 0. The highest BCUT2D eigenvalue weighted by molar-refractivity contribution is 7.25. The maximum atomic E-state index is 6.56. The van der Waals surface area contributed by atoms with Crippen molar-refractivity contribution in [3.05, 3.63) is 151 Å². The average molecular weight is 632 g/mol. The Kier molecular flexibility index (Phi) is 5.09. The number of aromatic nitrogens is 1. The van der Waals surface area contributed by atoms with E-state index in [9.17, 15) is 0 Å². The second-order valence-corrected chi connectivity index (χ2v) is 14.8. The molecule has 0 saturated heterocycles. The minimum Gasteiger partial charge on any atom is -0.456 e. The summed E-state index contributed by atoms with van der Waals surface area (Å²) in [5.74, 6) is 0. The second kappa shape index (κ2) is 9.25.